The molecule has 1 atom stereocenters. The predicted octanol–water partition coefficient (Wildman–Crippen LogP) is 2.40. The average Bonchev–Trinajstić information content (AvgIpc) is 2.97. The van der Waals surface area contributed by atoms with E-state index in [4.69, 9.17) is 5.73 Å². The fourth-order valence-corrected chi connectivity index (χ4v) is 3.00. The molecule has 0 aliphatic carbocycles. The Morgan fingerprint density at radius 3 is 3.00 bits per heavy atom. The lowest BCUT2D eigenvalue weighted by Gasteiger charge is -2.32. The summed E-state index contributed by atoms with van der Waals surface area (Å²) in [5.74, 6) is 0.189. The first kappa shape index (κ1) is 12.6. The maximum absolute atomic E-state index is 12.5. The molecule has 0 bridgehead atoms. The number of nitrogens with two attached hydrogens (primary N) is 1. The number of thiophene rings is 1. The van der Waals surface area contributed by atoms with Gasteiger partial charge >= 0.3 is 0 Å². The Morgan fingerprint density at radius 1 is 1.65 bits per heavy atom. The van der Waals surface area contributed by atoms with Crippen LogP contribution in [0.1, 0.15) is 38.3 Å². The Hall–Kier alpha value is -0.870. The molecule has 2 heterocycles. The van der Waals surface area contributed by atoms with Crippen molar-refractivity contribution in [3.05, 3.63) is 22.4 Å². The Balaban J connectivity index is 2.18. The number of carbonyl (C=O) groups is 1. The molecule has 2 rings (SSSR count). The van der Waals surface area contributed by atoms with E-state index in [0.717, 1.165) is 19.4 Å². The zero-order valence-electron chi connectivity index (χ0n) is 10.5. The zero-order valence-corrected chi connectivity index (χ0v) is 11.3. The van der Waals surface area contributed by atoms with Crippen molar-refractivity contribution in [2.75, 3.05) is 13.1 Å². The van der Waals surface area contributed by atoms with Gasteiger partial charge in [0.05, 0.1) is 11.5 Å². The lowest BCUT2D eigenvalue weighted by atomic mass is 9.91. The van der Waals surface area contributed by atoms with Gasteiger partial charge in [0.15, 0.2) is 0 Å². The van der Waals surface area contributed by atoms with Crippen LogP contribution in [0.15, 0.2) is 16.8 Å². The van der Waals surface area contributed by atoms with Crippen LogP contribution in [0, 0.1) is 5.41 Å². The number of amides is 1. The second kappa shape index (κ2) is 4.78. The van der Waals surface area contributed by atoms with E-state index >= 15 is 0 Å². The Morgan fingerprint density at radius 2 is 2.41 bits per heavy atom. The van der Waals surface area contributed by atoms with Crippen LogP contribution < -0.4 is 5.73 Å². The quantitative estimate of drug-likeness (QED) is 0.898. The van der Waals surface area contributed by atoms with Gasteiger partial charge in [-0.2, -0.15) is 11.3 Å². The van der Waals surface area contributed by atoms with Crippen molar-refractivity contribution in [2.24, 2.45) is 11.1 Å². The van der Waals surface area contributed by atoms with Gasteiger partial charge in [-0.3, -0.25) is 4.79 Å². The molecule has 1 aliphatic rings. The minimum absolute atomic E-state index is 0.189. The van der Waals surface area contributed by atoms with E-state index < -0.39 is 5.41 Å². The van der Waals surface area contributed by atoms with E-state index in [9.17, 15) is 4.79 Å². The smallest absolute Gasteiger partial charge is 0.230 e. The molecule has 4 heteroatoms. The first-order chi connectivity index (χ1) is 8.06. The van der Waals surface area contributed by atoms with Crippen molar-refractivity contribution >= 4 is 17.2 Å². The molecule has 2 N–H and O–H groups in total. The Labute approximate surface area is 107 Å². The third-order valence-electron chi connectivity index (χ3n) is 3.53. The summed E-state index contributed by atoms with van der Waals surface area (Å²) in [7, 11) is 0. The predicted molar refractivity (Wildman–Crippen MR) is 70.8 cm³/mol. The SMILES string of the molecule is CC(C)(CN)C(=O)N1CCCC1c1ccsc1. The van der Waals surface area contributed by atoms with E-state index in [2.05, 4.69) is 16.8 Å². The van der Waals surface area contributed by atoms with Crippen molar-refractivity contribution in [1.82, 2.24) is 4.90 Å². The molecule has 17 heavy (non-hydrogen) atoms. The molecule has 1 amide bonds. The van der Waals surface area contributed by atoms with Crippen LogP contribution in [0.25, 0.3) is 0 Å². The Kier molecular flexibility index (Phi) is 3.54. The summed E-state index contributed by atoms with van der Waals surface area (Å²) < 4.78 is 0. The largest absolute Gasteiger partial charge is 0.335 e. The van der Waals surface area contributed by atoms with Gasteiger partial charge in [0.1, 0.15) is 0 Å². The normalized spacial score (nSPS) is 20.9. The van der Waals surface area contributed by atoms with Gasteiger partial charge in [0.25, 0.3) is 0 Å². The van der Waals surface area contributed by atoms with Crippen LogP contribution in [-0.2, 0) is 4.79 Å². The summed E-state index contributed by atoms with van der Waals surface area (Å²) in [5.41, 5.74) is 6.52. The molecule has 1 fully saturated rings. The van der Waals surface area contributed by atoms with Gasteiger partial charge < -0.3 is 10.6 Å². The maximum atomic E-state index is 12.5. The van der Waals surface area contributed by atoms with Gasteiger partial charge in [-0.05, 0) is 49.1 Å². The van der Waals surface area contributed by atoms with Crippen molar-refractivity contribution in [1.29, 1.82) is 0 Å². The number of carbonyl (C=O) groups excluding carboxylic acids is 1. The fourth-order valence-electron chi connectivity index (χ4n) is 2.30. The van der Waals surface area contributed by atoms with Crippen molar-refractivity contribution in [2.45, 2.75) is 32.7 Å². The molecule has 0 saturated carbocycles. The summed E-state index contributed by atoms with van der Waals surface area (Å²) in [6, 6.07) is 2.38. The highest BCUT2D eigenvalue weighted by Crippen LogP contribution is 2.35. The van der Waals surface area contributed by atoms with E-state index in [1.807, 2.05) is 18.7 Å². The highest BCUT2D eigenvalue weighted by atomic mass is 32.1. The average molecular weight is 252 g/mol. The summed E-state index contributed by atoms with van der Waals surface area (Å²) in [6.07, 6.45) is 2.16. The van der Waals surface area contributed by atoms with Gasteiger partial charge in [0, 0.05) is 13.1 Å². The second-order valence-electron chi connectivity index (χ2n) is 5.30. The molecule has 0 radical (unpaired) electrons. The molecule has 1 aromatic rings. The van der Waals surface area contributed by atoms with Crippen LogP contribution in [0.5, 0.6) is 0 Å². The first-order valence-corrected chi connectivity index (χ1v) is 7.04. The van der Waals surface area contributed by atoms with Crippen molar-refractivity contribution < 1.29 is 4.79 Å². The molecule has 0 spiro atoms. The van der Waals surface area contributed by atoms with Gasteiger partial charge in [-0.25, -0.2) is 0 Å². The van der Waals surface area contributed by atoms with Crippen molar-refractivity contribution in [3.8, 4) is 0 Å². The van der Waals surface area contributed by atoms with Gasteiger partial charge in [0.2, 0.25) is 5.91 Å². The molecular weight excluding hydrogens is 232 g/mol. The van der Waals surface area contributed by atoms with Gasteiger partial charge in [-0.15, -0.1) is 0 Å². The molecule has 94 valence electrons. The molecule has 1 unspecified atom stereocenters. The number of rotatable bonds is 3. The van der Waals surface area contributed by atoms with Gasteiger partial charge in [-0.1, -0.05) is 0 Å². The standard InChI is InChI=1S/C13H20N2OS/c1-13(2,9-14)12(16)15-6-3-4-11(15)10-5-7-17-8-10/h5,7-8,11H,3-4,6,9,14H2,1-2H3. The fraction of sp³-hybridized carbons (Fsp3) is 0.615. The van der Waals surface area contributed by atoms with E-state index in [-0.39, 0.29) is 11.9 Å². The van der Waals surface area contributed by atoms with E-state index in [1.165, 1.54) is 5.56 Å². The summed E-state index contributed by atoms with van der Waals surface area (Å²) in [6.45, 7) is 5.12. The minimum atomic E-state index is -0.446. The lowest BCUT2D eigenvalue weighted by Crippen LogP contribution is -2.44. The molecule has 3 nitrogen and oxygen atoms in total. The second-order valence-corrected chi connectivity index (χ2v) is 6.08. The van der Waals surface area contributed by atoms with Crippen molar-refractivity contribution in [3.63, 3.8) is 0 Å². The van der Waals surface area contributed by atoms with E-state index in [0.29, 0.717) is 6.54 Å². The number of hydrogen-bond acceptors (Lipinski definition) is 3. The monoisotopic (exact) mass is 252 g/mol. The highest BCUT2D eigenvalue weighted by molar-refractivity contribution is 7.07. The van der Waals surface area contributed by atoms with E-state index in [1.54, 1.807) is 11.3 Å². The maximum Gasteiger partial charge on any atom is 0.230 e. The third-order valence-corrected chi connectivity index (χ3v) is 4.23. The van der Waals surface area contributed by atoms with Crippen LogP contribution in [0.4, 0.5) is 0 Å². The van der Waals surface area contributed by atoms with Crippen LogP contribution in [-0.4, -0.2) is 23.9 Å². The lowest BCUT2D eigenvalue weighted by molar-refractivity contribution is -0.140. The number of nitrogens with zero attached hydrogens (tertiary/aromatic N) is 1. The molecular formula is C13H20N2OS. The molecule has 1 saturated heterocycles. The molecule has 0 aromatic carbocycles. The number of hydrogen-bond donors (Lipinski definition) is 1. The Bertz CT molecular complexity index is 386. The topological polar surface area (TPSA) is 46.3 Å². The highest BCUT2D eigenvalue weighted by Gasteiger charge is 2.37. The third kappa shape index (κ3) is 2.38. The zero-order chi connectivity index (χ0) is 12.5. The first-order valence-electron chi connectivity index (χ1n) is 6.09. The number of likely N-dealkylation sites (tertiary alicyclic amines) is 1. The summed E-state index contributed by atoms with van der Waals surface area (Å²) >= 11 is 1.69. The molecule has 1 aliphatic heterocycles. The summed E-state index contributed by atoms with van der Waals surface area (Å²) in [5, 5.41) is 4.22. The summed E-state index contributed by atoms with van der Waals surface area (Å²) in [4.78, 5) is 14.5. The van der Waals surface area contributed by atoms with Crippen LogP contribution >= 0.6 is 11.3 Å². The van der Waals surface area contributed by atoms with Crippen LogP contribution in [0.3, 0.4) is 0 Å². The molecule has 1 aromatic heterocycles. The van der Waals surface area contributed by atoms with Crippen LogP contribution in [0.2, 0.25) is 0 Å². The minimum Gasteiger partial charge on any atom is -0.335 e.